The molecule has 0 amide bonds. The molecule has 1 heterocycles. The summed E-state index contributed by atoms with van der Waals surface area (Å²) >= 11 is 0. The van der Waals surface area contributed by atoms with Crippen molar-refractivity contribution in [3.8, 4) is 5.75 Å². The first-order valence-corrected chi connectivity index (χ1v) is 6.65. The van der Waals surface area contributed by atoms with E-state index in [0.717, 1.165) is 18.4 Å². The smallest absolute Gasteiger partial charge is 0.161 e. The van der Waals surface area contributed by atoms with Crippen LogP contribution < -0.4 is 4.74 Å². The summed E-state index contributed by atoms with van der Waals surface area (Å²) in [5.74, 6) is -2.97. The Balaban J connectivity index is 2.07. The molecule has 0 aliphatic carbocycles. The number of rotatable bonds is 2. The third-order valence-electron chi connectivity index (χ3n) is 3.59. The zero-order valence-corrected chi connectivity index (χ0v) is 11.1. The molecule has 1 unspecified atom stereocenters. The fraction of sp³-hybridized carbons (Fsp3) is 0.250. The Hall–Kier alpha value is -2.01. The minimum absolute atomic E-state index is 0.309. The van der Waals surface area contributed by atoms with E-state index < -0.39 is 23.6 Å². The fourth-order valence-corrected chi connectivity index (χ4v) is 2.54. The molecule has 2 aromatic carbocycles. The molecule has 0 saturated heterocycles. The van der Waals surface area contributed by atoms with Gasteiger partial charge in [-0.15, -0.1) is 0 Å². The van der Waals surface area contributed by atoms with Crippen LogP contribution in [-0.4, -0.2) is 11.7 Å². The van der Waals surface area contributed by atoms with E-state index in [-0.39, 0.29) is 5.56 Å². The lowest BCUT2D eigenvalue weighted by molar-refractivity contribution is 0.201. The summed E-state index contributed by atoms with van der Waals surface area (Å²) in [6, 6.07) is 6.30. The van der Waals surface area contributed by atoms with Crippen molar-refractivity contribution in [3.63, 3.8) is 0 Å². The highest BCUT2D eigenvalue weighted by molar-refractivity contribution is 5.47. The number of hydrogen-bond donors (Lipinski definition) is 1. The molecule has 0 fully saturated rings. The van der Waals surface area contributed by atoms with E-state index in [1.54, 1.807) is 12.1 Å². The third-order valence-corrected chi connectivity index (χ3v) is 3.59. The average molecular weight is 294 g/mol. The summed E-state index contributed by atoms with van der Waals surface area (Å²) in [6.45, 7) is 0.511. The van der Waals surface area contributed by atoms with Gasteiger partial charge in [-0.05, 0) is 24.5 Å². The number of ether oxygens (including phenoxy) is 1. The first-order chi connectivity index (χ1) is 10.1. The molecule has 110 valence electrons. The molecule has 0 aromatic heterocycles. The highest BCUT2D eigenvalue weighted by atomic mass is 19.2. The average Bonchev–Trinajstić information content (AvgIpc) is 2.49. The van der Waals surface area contributed by atoms with Gasteiger partial charge in [-0.25, -0.2) is 13.2 Å². The van der Waals surface area contributed by atoms with Crippen molar-refractivity contribution in [2.24, 2.45) is 0 Å². The Morgan fingerprint density at radius 1 is 1.00 bits per heavy atom. The lowest BCUT2D eigenvalue weighted by Crippen LogP contribution is -2.13. The Morgan fingerprint density at radius 3 is 2.57 bits per heavy atom. The van der Waals surface area contributed by atoms with Gasteiger partial charge in [0.05, 0.1) is 6.61 Å². The first-order valence-electron chi connectivity index (χ1n) is 6.65. The Labute approximate surface area is 119 Å². The van der Waals surface area contributed by atoms with E-state index >= 15 is 0 Å². The van der Waals surface area contributed by atoms with Crippen LogP contribution in [0.5, 0.6) is 5.75 Å². The van der Waals surface area contributed by atoms with Crippen LogP contribution in [0.4, 0.5) is 13.2 Å². The Bertz CT molecular complexity index is 685. The summed E-state index contributed by atoms with van der Waals surface area (Å²) in [5.41, 5.74) is 0.967. The molecule has 1 atom stereocenters. The standard InChI is InChI=1S/C16H13F3O2/c17-12-8-14(19)13(18)7-11(12)15(20)10-5-1-3-9-4-2-6-21-16(9)10/h1,3,5,7-8,15,20H,2,4,6H2. The molecule has 3 rings (SSSR count). The molecule has 2 nitrogen and oxygen atoms in total. The maximum absolute atomic E-state index is 13.8. The van der Waals surface area contributed by atoms with Crippen molar-refractivity contribution in [1.29, 1.82) is 0 Å². The third kappa shape index (κ3) is 2.49. The number of fused-ring (bicyclic) bond motifs is 1. The van der Waals surface area contributed by atoms with Gasteiger partial charge in [0, 0.05) is 17.2 Å². The van der Waals surface area contributed by atoms with Gasteiger partial charge < -0.3 is 9.84 Å². The van der Waals surface area contributed by atoms with E-state index in [4.69, 9.17) is 4.74 Å². The van der Waals surface area contributed by atoms with Crippen LogP contribution in [-0.2, 0) is 6.42 Å². The second kappa shape index (κ2) is 5.41. The van der Waals surface area contributed by atoms with E-state index in [1.165, 1.54) is 0 Å². The maximum Gasteiger partial charge on any atom is 0.161 e. The summed E-state index contributed by atoms with van der Waals surface area (Å²) in [6.07, 6.45) is 0.260. The molecule has 1 N–H and O–H groups in total. The normalized spacial score (nSPS) is 15.2. The predicted molar refractivity (Wildman–Crippen MR) is 70.6 cm³/mol. The molecule has 5 heteroatoms. The van der Waals surface area contributed by atoms with Crippen LogP contribution in [0.3, 0.4) is 0 Å². The van der Waals surface area contributed by atoms with Crippen molar-refractivity contribution in [1.82, 2.24) is 0 Å². The zero-order valence-electron chi connectivity index (χ0n) is 11.1. The van der Waals surface area contributed by atoms with Gasteiger partial charge in [0.1, 0.15) is 17.7 Å². The van der Waals surface area contributed by atoms with Crippen LogP contribution in [0.25, 0.3) is 0 Å². The highest BCUT2D eigenvalue weighted by Gasteiger charge is 2.24. The SMILES string of the molecule is OC(c1cc(F)c(F)cc1F)c1cccc2c1OCCC2. The van der Waals surface area contributed by atoms with Crippen molar-refractivity contribution < 1.29 is 23.0 Å². The van der Waals surface area contributed by atoms with Gasteiger partial charge in [0.2, 0.25) is 0 Å². The number of aliphatic hydroxyl groups is 1. The lowest BCUT2D eigenvalue weighted by Gasteiger charge is -2.23. The van der Waals surface area contributed by atoms with Gasteiger partial charge >= 0.3 is 0 Å². The molecule has 0 radical (unpaired) electrons. The van der Waals surface area contributed by atoms with E-state index in [9.17, 15) is 18.3 Å². The van der Waals surface area contributed by atoms with Crippen LogP contribution in [0.1, 0.15) is 29.2 Å². The Kier molecular flexibility index (Phi) is 3.59. The van der Waals surface area contributed by atoms with E-state index in [2.05, 4.69) is 0 Å². The topological polar surface area (TPSA) is 29.5 Å². The van der Waals surface area contributed by atoms with E-state index in [0.29, 0.717) is 30.1 Å². The minimum atomic E-state index is -1.41. The second-order valence-corrected chi connectivity index (χ2v) is 4.98. The van der Waals surface area contributed by atoms with Crippen molar-refractivity contribution in [2.45, 2.75) is 18.9 Å². The highest BCUT2D eigenvalue weighted by Crippen LogP contribution is 2.36. The first kappa shape index (κ1) is 13.9. The summed E-state index contributed by atoms with van der Waals surface area (Å²) in [5, 5.41) is 10.3. The summed E-state index contributed by atoms with van der Waals surface area (Å²) in [4.78, 5) is 0. The molecule has 0 spiro atoms. The summed E-state index contributed by atoms with van der Waals surface area (Å²) < 4.78 is 45.6. The molecule has 21 heavy (non-hydrogen) atoms. The summed E-state index contributed by atoms with van der Waals surface area (Å²) in [7, 11) is 0. The van der Waals surface area contributed by atoms with Crippen LogP contribution >= 0.6 is 0 Å². The van der Waals surface area contributed by atoms with Gasteiger partial charge in [0.25, 0.3) is 0 Å². The largest absolute Gasteiger partial charge is 0.493 e. The van der Waals surface area contributed by atoms with Crippen LogP contribution in [0.15, 0.2) is 30.3 Å². The molecular formula is C16H13F3O2. The molecule has 0 saturated carbocycles. The Morgan fingerprint density at radius 2 is 1.76 bits per heavy atom. The lowest BCUT2D eigenvalue weighted by atomic mass is 9.95. The van der Waals surface area contributed by atoms with Crippen molar-refractivity contribution >= 4 is 0 Å². The second-order valence-electron chi connectivity index (χ2n) is 4.98. The monoisotopic (exact) mass is 294 g/mol. The molecule has 1 aliphatic rings. The molecule has 0 bridgehead atoms. The predicted octanol–water partition coefficient (Wildman–Crippen LogP) is 3.51. The molecular weight excluding hydrogens is 281 g/mol. The van der Waals surface area contributed by atoms with Gasteiger partial charge in [-0.3, -0.25) is 0 Å². The van der Waals surface area contributed by atoms with Gasteiger partial charge in [-0.2, -0.15) is 0 Å². The van der Waals surface area contributed by atoms with Gasteiger partial charge in [0.15, 0.2) is 11.6 Å². The van der Waals surface area contributed by atoms with E-state index in [1.807, 2.05) is 6.07 Å². The van der Waals surface area contributed by atoms with Crippen molar-refractivity contribution in [3.05, 3.63) is 64.5 Å². The number of hydrogen-bond acceptors (Lipinski definition) is 2. The molecule has 2 aromatic rings. The number of benzene rings is 2. The van der Waals surface area contributed by atoms with Crippen LogP contribution in [0, 0.1) is 17.5 Å². The number of para-hydroxylation sites is 1. The minimum Gasteiger partial charge on any atom is -0.493 e. The maximum atomic E-state index is 13.8. The fourth-order valence-electron chi connectivity index (χ4n) is 2.54. The number of halogens is 3. The van der Waals surface area contributed by atoms with Crippen molar-refractivity contribution in [2.75, 3.05) is 6.61 Å². The number of aryl methyl sites for hydroxylation is 1. The quantitative estimate of drug-likeness (QED) is 0.859. The van der Waals surface area contributed by atoms with Crippen LogP contribution in [0.2, 0.25) is 0 Å². The molecule has 1 aliphatic heterocycles. The van der Waals surface area contributed by atoms with Gasteiger partial charge in [-0.1, -0.05) is 18.2 Å². The zero-order chi connectivity index (χ0) is 15.0. The number of aliphatic hydroxyl groups excluding tert-OH is 1.